The Kier molecular flexibility index (Phi) is 3.91. The van der Waals surface area contributed by atoms with Gasteiger partial charge < -0.3 is 20.7 Å². The lowest BCUT2D eigenvalue weighted by Crippen LogP contribution is -2.28. The highest BCUT2D eigenvalue weighted by atomic mass is 16.5. The first kappa shape index (κ1) is 13.9. The summed E-state index contributed by atoms with van der Waals surface area (Å²) in [5.41, 5.74) is 2.27. The molecule has 0 aromatic heterocycles. The number of ether oxygens (including phenoxy) is 1. The van der Waals surface area contributed by atoms with Crippen molar-refractivity contribution in [1.29, 1.82) is 0 Å². The second-order valence-corrected chi connectivity index (χ2v) is 4.84. The maximum absolute atomic E-state index is 11.8. The van der Waals surface area contributed by atoms with Crippen LogP contribution in [-0.2, 0) is 11.3 Å². The van der Waals surface area contributed by atoms with Gasteiger partial charge in [0.1, 0.15) is 5.75 Å². The summed E-state index contributed by atoms with van der Waals surface area (Å²) in [6.07, 6.45) is 0. The molecule has 0 aliphatic carbocycles. The van der Waals surface area contributed by atoms with Crippen LogP contribution in [0.1, 0.15) is 5.56 Å². The zero-order valence-corrected chi connectivity index (χ0v) is 11.8. The minimum atomic E-state index is -0.279. The molecule has 22 heavy (non-hydrogen) atoms. The van der Waals surface area contributed by atoms with E-state index in [1.54, 1.807) is 12.1 Å². The van der Waals surface area contributed by atoms with Gasteiger partial charge in [0.25, 0.3) is 5.91 Å². The molecular weight excluding hydrogens is 282 g/mol. The highest BCUT2D eigenvalue weighted by Crippen LogP contribution is 2.28. The third kappa shape index (κ3) is 3.35. The summed E-state index contributed by atoms with van der Waals surface area (Å²) in [4.78, 5) is 23.0. The molecule has 0 fully saturated rings. The van der Waals surface area contributed by atoms with Crippen molar-refractivity contribution in [3.05, 3.63) is 54.1 Å². The van der Waals surface area contributed by atoms with Crippen LogP contribution in [-0.4, -0.2) is 18.5 Å². The molecule has 6 heteroatoms. The first-order valence-corrected chi connectivity index (χ1v) is 6.86. The Morgan fingerprint density at radius 1 is 1.18 bits per heavy atom. The summed E-state index contributed by atoms with van der Waals surface area (Å²) in [6.45, 7) is 0.377. The van der Waals surface area contributed by atoms with Crippen molar-refractivity contribution in [1.82, 2.24) is 5.32 Å². The van der Waals surface area contributed by atoms with Crippen molar-refractivity contribution in [2.24, 2.45) is 0 Å². The summed E-state index contributed by atoms with van der Waals surface area (Å²) in [5.74, 6) is 0.447. The van der Waals surface area contributed by atoms with Gasteiger partial charge >= 0.3 is 6.03 Å². The van der Waals surface area contributed by atoms with Crippen molar-refractivity contribution < 1.29 is 14.3 Å². The van der Waals surface area contributed by atoms with E-state index >= 15 is 0 Å². The minimum Gasteiger partial charge on any atom is -0.482 e. The van der Waals surface area contributed by atoms with Crippen LogP contribution in [0.5, 0.6) is 5.75 Å². The molecular formula is C16H15N3O3. The van der Waals surface area contributed by atoms with Crippen LogP contribution < -0.4 is 20.7 Å². The number of urea groups is 1. The molecule has 0 saturated carbocycles. The fourth-order valence-electron chi connectivity index (χ4n) is 2.11. The Morgan fingerprint density at radius 3 is 2.82 bits per heavy atom. The molecule has 2 aromatic rings. The Bertz CT molecular complexity index is 701. The molecule has 1 heterocycles. The van der Waals surface area contributed by atoms with Crippen molar-refractivity contribution >= 4 is 23.3 Å². The van der Waals surface area contributed by atoms with E-state index in [0.717, 1.165) is 11.3 Å². The Labute approximate surface area is 127 Å². The molecule has 0 unspecified atom stereocenters. The second-order valence-electron chi connectivity index (χ2n) is 4.84. The molecule has 6 nitrogen and oxygen atoms in total. The molecule has 2 aromatic carbocycles. The maximum atomic E-state index is 11.8. The molecule has 0 atom stereocenters. The summed E-state index contributed by atoms with van der Waals surface area (Å²) in [7, 11) is 0. The smallest absolute Gasteiger partial charge is 0.319 e. The van der Waals surface area contributed by atoms with Crippen LogP contribution in [0.4, 0.5) is 16.2 Å². The Balaban J connectivity index is 1.57. The average Bonchev–Trinajstić information content (AvgIpc) is 2.54. The number of rotatable bonds is 3. The van der Waals surface area contributed by atoms with E-state index in [4.69, 9.17) is 4.74 Å². The fourth-order valence-corrected chi connectivity index (χ4v) is 2.11. The second kappa shape index (κ2) is 6.17. The van der Waals surface area contributed by atoms with E-state index in [0.29, 0.717) is 18.0 Å². The molecule has 3 rings (SSSR count). The van der Waals surface area contributed by atoms with Crippen molar-refractivity contribution in [3.63, 3.8) is 0 Å². The predicted molar refractivity (Wildman–Crippen MR) is 82.9 cm³/mol. The summed E-state index contributed by atoms with van der Waals surface area (Å²) >= 11 is 0. The lowest BCUT2D eigenvalue weighted by Gasteiger charge is -2.18. The fraction of sp³-hybridized carbons (Fsp3) is 0.125. The Morgan fingerprint density at radius 2 is 2.00 bits per heavy atom. The molecule has 112 valence electrons. The summed E-state index contributed by atoms with van der Waals surface area (Å²) in [5, 5.41) is 8.23. The van der Waals surface area contributed by atoms with Gasteiger partial charge in [0.2, 0.25) is 0 Å². The van der Waals surface area contributed by atoms with Gasteiger partial charge in [0, 0.05) is 12.2 Å². The van der Waals surface area contributed by atoms with Gasteiger partial charge in [-0.05, 0) is 29.8 Å². The largest absolute Gasteiger partial charge is 0.482 e. The van der Waals surface area contributed by atoms with Gasteiger partial charge in [0.05, 0.1) is 5.69 Å². The van der Waals surface area contributed by atoms with E-state index in [9.17, 15) is 9.59 Å². The van der Waals surface area contributed by atoms with Gasteiger partial charge in [-0.2, -0.15) is 0 Å². The van der Waals surface area contributed by atoms with Crippen LogP contribution in [0.3, 0.4) is 0 Å². The van der Waals surface area contributed by atoms with Crippen molar-refractivity contribution in [2.75, 3.05) is 17.2 Å². The summed E-state index contributed by atoms with van der Waals surface area (Å²) in [6, 6.07) is 14.3. The van der Waals surface area contributed by atoms with Crippen LogP contribution in [0.25, 0.3) is 0 Å². The molecule has 1 aliphatic heterocycles. The number of benzene rings is 2. The topological polar surface area (TPSA) is 79.5 Å². The van der Waals surface area contributed by atoms with Crippen LogP contribution in [0, 0.1) is 0 Å². The maximum Gasteiger partial charge on any atom is 0.319 e. The highest BCUT2D eigenvalue weighted by molar-refractivity contribution is 5.95. The number of hydrogen-bond acceptors (Lipinski definition) is 3. The van der Waals surface area contributed by atoms with E-state index in [-0.39, 0.29) is 18.5 Å². The van der Waals surface area contributed by atoms with E-state index in [1.807, 2.05) is 36.4 Å². The molecule has 3 N–H and O–H groups in total. The normalized spacial score (nSPS) is 12.6. The predicted octanol–water partition coefficient (Wildman–Crippen LogP) is 2.34. The van der Waals surface area contributed by atoms with Gasteiger partial charge in [-0.15, -0.1) is 0 Å². The minimum absolute atomic E-state index is 0.0123. The first-order valence-electron chi connectivity index (χ1n) is 6.86. The number of carbonyl (C=O) groups excluding carboxylic acids is 2. The average molecular weight is 297 g/mol. The van der Waals surface area contributed by atoms with Gasteiger partial charge in [0.15, 0.2) is 6.61 Å². The SMILES string of the molecule is O=C1COc2cc(CNC(=O)Nc3ccccc3)ccc2N1. The number of amides is 3. The number of hydrogen-bond donors (Lipinski definition) is 3. The lowest BCUT2D eigenvalue weighted by molar-refractivity contribution is -0.118. The van der Waals surface area contributed by atoms with E-state index in [1.165, 1.54) is 0 Å². The van der Waals surface area contributed by atoms with E-state index < -0.39 is 0 Å². The zero-order chi connectivity index (χ0) is 15.4. The number of carbonyl (C=O) groups is 2. The third-order valence-electron chi connectivity index (χ3n) is 3.16. The van der Waals surface area contributed by atoms with Crippen molar-refractivity contribution in [2.45, 2.75) is 6.54 Å². The lowest BCUT2D eigenvalue weighted by atomic mass is 10.1. The molecule has 0 spiro atoms. The first-order chi connectivity index (χ1) is 10.7. The highest BCUT2D eigenvalue weighted by Gasteiger charge is 2.15. The van der Waals surface area contributed by atoms with Crippen LogP contribution in [0.2, 0.25) is 0 Å². The monoisotopic (exact) mass is 297 g/mol. The number of fused-ring (bicyclic) bond motifs is 1. The quantitative estimate of drug-likeness (QED) is 0.813. The third-order valence-corrected chi connectivity index (χ3v) is 3.16. The molecule has 3 amide bonds. The molecule has 1 aliphatic rings. The van der Waals surface area contributed by atoms with Gasteiger partial charge in [-0.25, -0.2) is 4.79 Å². The van der Waals surface area contributed by atoms with Crippen LogP contribution in [0.15, 0.2) is 48.5 Å². The van der Waals surface area contributed by atoms with Crippen LogP contribution >= 0.6 is 0 Å². The van der Waals surface area contributed by atoms with E-state index in [2.05, 4.69) is 16.0 Å². The van der Waals surface area contributed by atoms with Gasteiger partial charge in [-0.3, -0.25) is 4.79 Å². The number of nitrogens with one attached hydrogen (secondary N) is 3. The molecule has 0 radical (unpaired) electrons. The summed E-state index contributed by atoms with van der Waals surface area (Å²) < 4.78 is 5.34. The van der Waals surface area contributed by atoms with Crippen molar-refractivity contribution in [3.8, 4) is 5.75 Å². The zero-order valence-electron chi connectivity index (χ0n) is 11.8. The number of anilines is 2. The molecule has 0 saturated heterocycles. The molecule has 0 bridgehead atoms. The number of para-hydroxylation sites is 1. The standard InChI is InChI=1S/C16H15N3O3/c20-15-10-22-14-8-11(6-7-13(14)19-15)9-17-16(21)18-12-4-2-1-3-5-12/h1-8H,9-10H2,(H,19,20)(H2,17,18,21). The van der Waals surface area contributed by atoms with Gasteiger partial charge in [-0.1, -0.05) is 24.3 Å². The Hall–Kier alpha value is -3.02.